The van der Waals surface area contributed by atoms with Crippen LogP contribution in [0.1, 0.15) is 49.4 Å². The fourth-order valence-corrected chi connectivity index (χ4v) is 5.19. The molecular weight excluding hydrogens is 470 g/mol. The van der Waals surface area contributed by atoms with Crippen LogP contribution < -0.4 is 14.2 Å². The lowest BCUT2D eigenvalue weighted by molar-refractivity contribution is -0.0373. The van der Waals surface area contributed by atoms with E-state index >= 15 is 0 Å². The molecule has 1 aromatic heterocycles. The molecule has 8 nitrogen and oxygen atoms in total. The maximum absolute atomic E-state index is 14.0. The Morgan fingerprint density at radius 2 is 1.89 bits per heavy atom. The molecule has 1 saturated heterocycles. The van der Waals surface area contributed by atoms with Crippen molar-refractivity contribution in [1.29, 1.82) is 0 Å². The summed E-state index contributed by atoms with van der Waals surface area (Å²) in [6.45, 7) is 9.60. The van der Waals surface area contributed by atoms with Crippen molar-refractivity contribution in [2.24, 2.45) is 0 Å². The molecule has 2 aliphatic heterocycles. The normalized spacial score (nSPS) is 16.2. The number of hydrogen-bond acceptors (Lipinski definition) is 6. The van der Waals surface area contributed by atoms with Gasteiger partial charge in [0.1, 0.15) is 11.6 Å². The molecule has 0 N–H and O–H groups in total. The first-order chi connectivity index (χ1) is 17.7. The first-order valence-corrected chi connectivity index (χ1v) is 12.8. The molecule has 8 heteroatoms. The van der Waals surface area contributed by atoms with E-state index in [-0.39, 0.29) is 12.0 Å². The number of carbonyl (C=O) groups is 1. The summed E-state index contributed by atoms with van der Waals surface area (Å²) >= 11 is 0. The molecule has 1 amide bonds. The lowest BCUT2D eigenvalue weighted by Crippen LogP contribution is -2.55. The number of imidazole rings is 1. The zero-order valence-corrected chi connectivity index (χ0v) is 22.5. The largest absolute Gasteiger partial charge is 0.497 e. The number of nitrogens with zero attached hydrogens (tertiary/aromatic N) is 3. The Kier molecular flexibility index (Phi) is 6.62. The van der Waals surface area contributed by atoms with Gasteiger partial charge >= 0.3 is 0 Å². The van der Waals surface area contributed by atoms with Gasteiger partial charge in [0.2, 0.25) is 0 Å². The second-order valence-corrected chi connectivity index (χ2v) is 10.4. The van der Waals surface area contributed by atoms with Gasteiger partial charge in [-0.2, -0.15) is 0 Å². The summed E-state index contributed by atoms with van der Waals surface area (Å²) in [6, 6.07) is 11.8. The number of hydrogen-bond donors (Lipinski definition) is 0. The molecule has 2 aromatic carbocycles. The van der Waals surface area contributed by atoms with E-state index < -0.39 is 5.54 Å². The van der Waals surface area contributed by atoms with Gasteiger partial charge in [0.25, 0.3) is 5.91 Å². The zero-order chi connectivity index (χ0) is 26.3. The number of benzene rings is 2. The Hall–Kier alpha value is -3.52. The summed E-state index contributed by atoms with van der Waals surface area (Å²) < 4.78 is 25.0. The van der Waals surface area contributed by atoms with Crippen LogP contribution in [0, 0.1) is 0 Å². The average Bonchev–Trinajstić information content (AvgIpc) is 3.27. The second-order valence-electron chi connectivity index (χ2n) is 10.4. The number of rotatable bonds is 6. The van der Waals surface area contributed by atoms with Crippen molar-refractivity contribution < 1.29 is 23.7 Å². The highest BCUT2D eigenvalue weighted by molar-refractivity contribution is 5.95. The molecule has 2 aliphatic rings. The molecule has 1 fully saturated rings. The molecule has 0 atom stereocenters. The Morgan fingerprint density at radius 1 is 1.08 bits per heavy atom. The van der Waals surface area contributed by atoms with Crippen molar-refractivity contribution in [3.8, 4) is 34.3 Å². The van der Waals surface area contributed by atoms with Gasteiger partial charge in [-0.1, -0.05) is 12.1 Å². The molecule has 0 saturated carbocycles. The van der Waals surface area contributed by atoms with Crippen molar-refractivity contribution in [3.05, 3.63) is 53.3 Å². The Balaban J connectivity index is 1.72. The molecule has 3 heterocycles. The van der Waals surface area contributed by atoms with Crippen LogP contribution in [0.5, 0.6) is 17.2 Å². The highest BCUT2D eigenvalue weighted by Gasteiger charge is 2.38. The Bertz CT molecular complexity index is 1330. The molecular formula is C29H35N3O5. The molecule has 0 aliphatic carbocycles. The van der Waals surface area contributed by atoms with Crippen molar-refractivity contribution in [1.82, 2.24) is 14.5 Å². The molecule has 37 heavy (non-hydrogen) atoms. The smallest absolute Gasteiger partial charge is 0.274 e. The van der Waals surface area contributed by atoms with Crippen LogP contribution in [0.15, 0.2) is 36.4 Å². The van der Waals surface area contributed by atoms with E-state index in [2.05, 4.69) is 4.57 Å². The van der Waals surface area contributed by atoms with Gasteiger partial charge in [0.05, 0.1) is 50.5 Å². The minimum atomic E-state index is -0.416. The molecule has 5 rings (SSSR count). The van der Waals surface area contributed by atoms with Gasteiger partial charge in [-0.3, -0.25) is 9.36 Å². The Morgan fingerprint density at radius 3 is 2.59 bits per heavy atom. The predicted octanol–water partition coefficient (Wildman–Crippen LogP) is 4.69. The van der Waals surface area contributed by atoms with E-state index in [1.807, 2.05) is 69.0 Å². The van der Waals surface area contributed by atoms with Crippen molar-refractivity contribution >= 4 is 5.91 Å². The van der Waals surface area contributed by atoms with Crippen LogP contribution in [-0.2, 0) is 17.6 Å². The van der Waals surface area contributed by atoms with Crippen LogP contribution >= 0.6 is 0 Å². The topological polar surface area (TPSA) is 75.0 Å². The molecule has 0 unspecified atom stereocenters. The van der Waals surface area contributed by atoms with E-state index in [1.165, 1.54) is 0 Å². The minimum absolute atomic E-state index is 0.0173. The highest BCUT2D eigenvalue weighted by Crippen LogP contribution is 2.40. The zero-order valence-electron chi connectivity index (χ0n) is 22.5. The summed E-state index contributed by atoms with van der Waals surface area (Å²) in [5, 5.41) is 0. The van der Waals surface area contributed by atoms with Gasteiger partial charge in [0, 0.05) is 18.2 Å². The molecule has 196 valence electrons. The number of aromatic nitrogens is 2. The van der Waals surface area contributed by atoms with Crippen LogP contribution in [0.2, 0.25) is 0 Å². The first kappa shape index (κ1) is 25.1. The standard InChI is InChI=1S/C29H35N3O5/c1-18(2)37-25-16-23-19(15-24(25)35-6)10-11-22-26(28(33)31-12-13-36-17-29(31,3)4)30-27(32(22)23)20-8-7-9-21(14-20)34-5/h7-9,14-16,18H,10-13,17H2,1-6H3. The third-order valence-corrected chi connectivity index (χ3v) is 6.99. The monoisotopic (exact) mass is 505 g/mol. The van der Waals surface area contributed by atoms with Crippen LogP contribution in [0.3, 0.4) is 0 Å². The number of carbonyl (C=O) groups excluding carboxylic acids is 1. The summed E-state index contributed by atoms with van der Waals surface area (Å²) in [5.41, 5.74) is 3.91. The molecule has 0 bridgehead atoms. The quantitative estimate of drug-likeness (QED) is 0.484. The van der Waals surface area contributed by atoms with E-state index in [0.717, 1.165) is 34.7 Å². The number of fused-ring (bicyclic) bond motifs is 3. The van der Waals surface area contributed by atoms with E-state index in [0.29, 0.717) is 49.2 Å². The predicted molar refractivity (Wildman–Crippen MR) is 141 cm³/mol. The van der Waals surface area contributed by atoms with E-state index in [1.54, 1.807) is 14.2 Å². The maximum Gasteiger partial charge on any atom is 0.274 e. The number of morpholine rings is 1. The third-order valence-electron chi connectivity index (χ3n) is 6.99. The fraction of sp³-hybridized carbons (Fsp3) is 0.448. The van der Waals surface area contributed by atoms with Gasteiger partial charge in [-0.25, -0.2) is 4.98 Å². The lowest BCUT2D eigenvalue weighted by atomic mass is 9.98. The molecule has 0 spiro atoms. The van der Waals surface area contributed by atoms with Crippen LogP contribution in [-0.4, -0.2) is 66.0 Å². The second kappa shape index (κ2) is 9.74. The summed E-state index contributed by atoms with van der Waals surface area (Å²) in [6.07, 6.45) is 1.43. The summed E-state index contributed by atoms with van der Waals surface area (Å²) in [5.74, 6) is 2.72. The van der Waals surface area contributed by atoms with Crippen molar-refractivity contribution in [3.63, 3.8) is 0 Å². The molecule has 0 radical (unpaired) electrons. The van der Waals surface area contributed by atoms with Crippen LogP contribution in [0.4, 0.5) is 0 Å². The number of methoxy groups -OCH3 is 2. The number of ether oxygens (including phenoxy) is 4. The number of amides is 1. The SMILES string of the molecule is COc1cccc(-c2nc(C(=O)N3CCOCC3(C)C)c3n2-c2cc(OC(C)C)c(OC)cc2CC3)c1. The minimum Gasteiger partial charge on any atom is -0.497 e. The van der Waals surface area contributed by atoms with Crippen LogP contribution in [0.25, 0.3) is 17.1 Å². The third kappa shape index (κ3) is 4.55. The van der Waals surface area contributed by atoms with Gasteiger partial charge in [-0.15, -0.1) is 0 Å². The maximum atomic E-state index is 14.0. The van der Waals surface area contributed by atoms with E-state index in [4.69, 9.17) is 23.9 Å². The molecule has 3 aromatic rings. The average molecular weight is 506 g/mol. The summed E-state index contributed by atoms with van der Waals surface area (Å²) in [4.78, 5) is 20.9. The fourth-order valence-electron chi connectivity index (χ4n) is 5.19. The lowest BCUT2D eigenvalue weighted by Gasteiger charge is -2.41. The van der Waals surface area contributed by atoms with E-state index in [9.17, 15) is 4.79 Å². The highest BCUT2D eigenvalue weighted by atomic mass is 16.5. The Labute approximate surface area is 218 Å². The van der Waals surface area contributed by atoms with Crippen molar-refractivity contribution in [2.75, 3.05) is 34.0 Å². The van der Waals surface area contributed by atoms with Crippen molar-refractivity contribution in [2.45, 2.75) is 52.2 Å². The number of aryl methyl sites for hydroxylation is 1. The summed E-state index contributed by atoms with van der Waals surface area (Å²) in [7, 11) is 3.30. The van der Waals surface area contributed by atoms with Gasteiger partial charge in [0.15, 0.2) is 17.2 Å². The van der Waals surface area contributed by atoms with Gasteiger partial charge in [-0.05, 0) is 64.3 Å². The first-order valence-electron chi connectivity index (χ1n) is 12.8. The van der Waals surface area contributed by atoms with Gasteiger partial charge < -0.3 is 23.8 Å².